The number of hydrogen-bond donors (Lipinski definition) is 2. The fourth-order valence-corrected chi connectivity index (χ4v) is 2.24. The Bertz CT molecular complexity index is 206. The number of carbonyl (C=O) groups is 1. The van der Waals surface area contributed by atoms with Crippen LogP contribution in [0, 0.1) is 11.8 Å². The van der Waals surface area contributed by atoms with E-state index in [0.717, 1.165) is 12.8 Å². The summed E-state index contributed by atoms with van der Waals surface area (Å²) in [5, 5.41) is 3.13. The first kappa shape index (κ1) is 12.5. The molecule has 0 aromatic heterocycles. The lowest BCUT2D eigenvalue weighted by atomic mass is 10.0. The van der Waals surface area contributed by atoms with E-state index < -0.39 is 0 Å². The second kappa shape index (κ2) is 6.11. The van der Waals surface area contributed by atoms with Crippen LogP contribution >= 0.6 is 0 Å². The Kier molecular flexibility index (Phi) is 5.09. The second-order valence-electron chi connectivity index (χ2n) is 4.82. The van der Waals surface area contributed by atoms with Crippen molar-refractivity contribution in [2.24, 2.45) is 17.6 Å². The highest BCUT2D eigenvalue weighted by Gasteiger charge is 2.27. The lowest BCUT2D eigenvalue weighted by Gasteiger charge is -2.20. The van der Waals surface area contributed by atoms with E-state index >= 15 is 0 Å². The SMILES string of the molecule is CCC(C)CC(=O)NC1CCCC1CN. The summed E-state index contributed by atoms with van der Waals surface area (Å²) >= 11 is 0. The number of carbonyl (C=O) groups excluding carboxylic acids is 1. The standard InChI is InChI=1S/C12H24N2O/c1-3-9(2)7-12(15)14-11-6-4-5-10(11)8-13/h9-11H,3-8,13H2,1-2H3,(H,14,15). The number of nitrogens with one attached hydrogen (secondary N) is 1. The van der Waals surface area contributed by atoms with Gasteiger partial charge in [0.25, 0.3) is 0 Å². The van der Waals surface area contributed by atoms with E-state index in [1.54, 1.807) is 0 Å². The molecule has 1 aliphatic rings. The van der Waals surface area contributed by atoms with Crippen LogP contribution in [0.25, 0.3) is 0 Å². The van der Waals surface area contributed by atoms with E-state index in [-0.39, 0.29) is 5.91 Å². The lowest BCUT2D eigenvalue weighted by Crippen LogP contribution is -2.40. The highest BCUT2D eigenvalue weighted by Crippen LogP contribution is 2.24. The van der Waals surface area contributed by atoms with Crippen LogP contribution in [0.3, 0.4) is 0 Å². The van der Waals surface area contributed by atoms with Crippen LogP contribution in [0.15, 0.2) is 0 Å². The summed E-state index contributed by atoms with van der Waals surface area (Å²) in [5.41, 5.74) is 5.68. The van der Waals surface area contributed by atoms with Gasteiger partial charge in [-0.05, 0) is 31.2 Å². The maximum absolute atomic E-state index is 11.7. The van der Waals surface area contributed by atoms with Gasteiger partial charge in [0.15, 0.2) is 0 Å². The van der Waals surface area contributed by atoms with Gasteiger partial charge in [-0.15, -0.1) is 0 Å². The molecule has 15 heavy (non-hydrogen) atoms. The molecule has 1 saturated carbocycles. The summed E-state index contributed by atoms with van der Waals surface area (Å²) in [6.45, 7) is 4.94. The first-order valence-electron chi connectivity index (χ1n) is 6.16. The van der Waals surface area contributed by atoms with Crippen molar-refractivity contribution in [2.75, 3.05) is 6.54 Å². The van der Waals surface area contributed by atoms with Gasteiger partial charge >= 0.3 is 0 Å². The van der Waals surface area contributed by atoms with Gasteiger partial charge in [-0.2, -0.15) is 0 Å². The summed E-state index contributed by atoms with van der Waals surface area (Å²) in [5.74, 6) is 1.20. The molecule has 0 aliphatic heterocycles. The van der Waals surface area contributed by atoms with E-state index in [0.29, 0.717) is 30.8 Å². The highest BCUT2D eigenvalue weighted by atomic mass is 16.1. The van der Waals surface area contributed by atoms with Gasteiger partial charge in [-0.1, -0.05) is 26.7 Å². The van der Waals surface area contributed by atoms with E-state index in [1.165, 1.54) is 12.8 Å². The van der Waals surface area contributed by atoms with Crippen LogP contribution in [-0.2, 0) is 4.79 Å². The fourth-order valence-electron chi connectivity index (χ4n) is 2.24. The van der Waals surface area contributed by atoms with Crippen molar-refractivity contribution in [1.82, 2.24) is 5.32 Å². The molecular weight excluding hydrogens is 188 g/mol. The molecule has 1 aliphatic carbocycles. The quantitative estimate of drug-likeness (QED) is 0.728. The summed E-state index contributed by atoms with van der Waals surface area (Å²) in [7, 11) is 0. The van der Waals surface area contributed by atoms with E-state index in [2.05, 4.69) is 19.2 Å². The molecule has 0 heterocycles. The first-order valence-corrected chi connectivity index (χ1v) is 6.16. The molecule has 1 fully saturated rings. The van der Waals surface area contributed by atoms with Gasteiger partial charge in [-0.25, -0.2) is 0 Å². The molecule has 0 bridgehead atoms. The minimum absolute atomic E-state index is 0.203. The molecule has 3 heteroatoms. The molecule has 0 radical (unpaired) electrons. The van der Waals surface area contributed by atoms with Gasteiger partial charge in [-0.3, -0.25) is 4.79 Å². The van der Waals surface area contributed by atoms with Crippen LogP contribution < -0.4 is 11.1 Å². The Hall–Kier alpha value is -0.570. The number of rotatable bonds is 5. The molecule has 3 nitrogen and oxygen atoms in total. The number of hydrogen-bond acceptors (Lipinski definition) is 2. The Balaban J connectivity index is 2.30. The van der Waals surface area contributed by atoms with Gasteiger partial charge in [0.05, 0.1) is 0 Å². The van der Waals surface area contributed by atoms with Crippen LogP contribution in [0.4, 0.5) is 0 Å². The van der Waals surface area contributed by atoms with Gasteiger partial charge in [0.2, 0.25) is 5.91 Å². The molecule has 0 spiro atoms. The molecule has 0 aromatic carbocycles. The fraction of sp³-hybridized carbons (Fsp3) is 0.917. The smallest absolute Gasteiger partial charge is 0.220 e. The maximum atomic E-state index is 11.7. The van der Waals surface area contributed by atoms with Crippen LogP contribution in [0.1, 0.15) is 46.0 Å². The topological polar surface area (TPSA) is 55.1 Å². The Morgan fingerprint density at radius 1 is 1.53 bits per heavy atom. The zero-order valence-corrected chi connectivity index (χ0v) is 9.96. The number of nitrogens with two attached hydrogens (primary N) is 1. The van der Waals surface area contributed by atoms with Crippen molar-refractivity contribution in [1.29, 1.82) is 0 Å². The largest absolute Gasteiger partial charge is 0.353 e. The summed E-state index contributed by atoms with van der Waals surface area (Å²) in [6.07, 6.45) is 5.21. The molecule has 3 N–H and O–H groups in total. The summed E-state index contributed by atoms with van der Waals surface area (Å²) in [4.78, 5) is 11.7. The lowest BCUT2D eigenvalue weighted by molar-refractivity contribution is -0.122. The maximum Gasteiger partial charge on any atom is 0.220 e. The molecular formula is C12H24N2O. The minimum atomic E-state index is 0.203. The normalized spacial score (nSPS) is 27.7. The van der Waals surface area contributed by atoms with Gasteiger partial charge in [0.1, 0.15) is 0 Å². The van der Waals surface area contributed by atoms with E-state index in [9.17, 15) is 4.79 Å². The second-order valence-corrected chi connectivity index (χ2v) is 4.82. The molecule has 1 amide bonds. The Morgan fingerprint density at radius 2 is 2.27 bits per heavy atom. The number of amides is 1. The van der Waals surface area contributed by atoms with Crippen molar-refractivity contribution < 1.29 is 4.79 Å². The van der Waals surface area contributed by atoms with Crippen molar-refractivity contribution in [2.45, 2.75) is 52.0 Å². The van der Waals surface area contributed by atoms with Crippen LogP contribution in [0.2, 0.25) is 0 Å². The predicted molar refractivity (Wildman–Crippen MR) is 62.4 cm³/mol. The van der Waals surface area contributed by atoms with Gasteiger partial charge < -0.3 is 11.1 Å². The van der Waals surface area contributed by atoms with Crippen molar-refractivity contribution in [3.8, 4) is 0 Å². The Morgan fingerprint density at radius 3 is 2.87 bits per heavy atom. The zero-order chi connectivity index (χ0) is 11.3. The molecule has 3 unspecified atom stereocenters. The average Bonchev–Trinajstić information content (AvgIpc) is 2.64. The van der Waals surface area contributed by atoms with E-state index in [4.69, 9.17) is 5.73 Å². The monoisotopic (exact) mass is 212 g/mol. The molecule has 88 valence electrons. The van der Waals surface area contributed by atoms with Crippen molar-refractivity contribution in [3.63, 3.8) is 0 Å². The van der Waals surface area contributed by atoms with Crippen LogP contribution in [0.5, 0.6) is 0 Å². The third-order valence-corrected chi connectivity index (χ3v) is 3.54. The molecule has 0 aromatic rings. The van der Waals surface area contributed by atoms with Gasteiger partial charge in [0, 0.05) is 12.5 Å². The average molecular weight is 212 g/mol. The third-order valence-electron chi connectivity index (χ3n) is 3.54. The highest BCUT2D eigenvalue weighted by molar-refractivity contribution is 5.76. The molecule has 3 atom stereocenters. The zero-order valence-electron chi connectivity index (χ0n) is 9.96. The minimum Gasteiger partial charge on any atom is -0.353 e. The molecule has 0 saturated heterocycles. The Labute approximate surface area is 92.8 Å². The van der Waals surface area contributed by atoms with Crippen LogP contribution in [-0.4, -0.2) is 18.5 Å². The first-order chi connectivity index (χ1) is 7.17. The van der Waals surface area contributed by atoms with E-state index in [1.807, 2.05) is 0 Å². The van der Waals surface area contributed by atoms with Crippen molar-refractivity contribution >= 4 is 5.91 Å². The predicted octanol–water partition coefficient (Wildman–Crippen LogP) is 1.67. The third kappa shape index (κ3) is 3.82. The summed E-state index contributed by atoms with van der Waals surface area (Å²) < 4.78 is 0. The summed E-state index contributed by atoms with van der Waals surface area (Å²) in [6, 6.07) is 0.339. The molecule has 1 rings (SSSR count). The van der Waals surface area contributed by atoms with Crippen molar-refractivity contribution in [3.05, 3.63) is 0 Å².